The molecule has 134 valence electrons. The van der Waals surface area contributed by atoms with Gasteiger partial charge in [-0.3, -0.25) is 9.59 Å². The molecule has 2 amide bonds. The number of fused-ring (bicyclic) bond motifs is 1. The summed E-state index contributed by atoms with van der Waals surface area (Å²) in [5, 5.41) is 7.09. The Morgan fingerprint density at radius 1 is 1.00 bits per heavy atom. The number of hydrazone groups is 1. The highest BCUT2D eigenvalue weighted by molar-refractivity contribution is 5.98. The van der Waals surface area contributed by atoms with Crippen LogP contribution < -0.4 is 10.7 Å². The first-order valence-corrected chi connectivity index (χ1v) is 8.83. The first-order chi connectivity index (χ1) is 12.5. The number of benzene rings is 2. The van der Waals surface area contributed by atoms with Crippen LogP contribution in [0, 0.1) is 5.92 Å². The van der Waals surface area contributed by atoms with Gasteiger partial charge in [-0.2, -0.15) is 5.10 Å². The molecule has 5 nitrogen and oxygen atoms in total. The lowest BCUT2D eigenvalue weighted by Crippen LogP contribution is -2.20. The second-order valence-corrected chi connectivity index (χ2v) is 6.96. The molecule has 0 radical (unpaired) electrons. The zero-order valence-electron chi connectivity index (χ0n) is 15.1. The number of anilines is 1. The van der Waals surface area contributed by atoms with E-state index in [1.807, 2.05) is 26.0 Å². The highest BCUT2D eigenvalue weighted by Crippen LogP contribution is 2.19. The number of nitrogens with one attached hydrogen (secondary N) is 2. The Hall–Kier alpha value is -2.95. The second kappa shape index (κ2) is 7.95. The summed E-state index contributed by atoms with van der Waals surface area (Å²) in [5.41, 5.74) is 7.30. The predicted molar refractivity (Wildman–Crippen MR) is 103 cm³/mol. The van der Waals surface area contributed by atoms with E-state index in [4.69, 9.17) is 0 Å². The number of nitrogens with zero attached hydrogens (tertiary/aromatic N) is 1. The van der Waals surface area contributed by atoms with Gasteiger partial charge in [0.25, 0.3) is 5.91 Å². The summed E-state index contributed by atoms with van der Waals surface area (Å²) in [7, 11) is 0. The molecule has 0 saturated heterocycles. The van der Waals surface area contributed by atoms with Gasteiger partial charge in [-0.15, -0.1) is 0 Å². The van der Waals surface area contributed by atoms with Crippen molar-refractivity contribution in [3.63, 3.8) is 0 Å². The van der Waals surface area contributed by atoms with Gasteiger partial charge in [-0.1, -0.05) is 38.1 Å². The van der Waals surface area contributed by atoms with Crippen molar-refractivity contribution in [1.29, 1.82) is 0 Å². The monoisotopic (exact) mass is 349 g/mol. The maximum atomic E-state index is 12.2. The van der Waals surface area contributed by atoms with Crippen LogP contribution in [0.2, 0.25) is 0 Å². The Labute approximate surface area is 153 Å². The van der Waals surface area contributed by atoms with Crippen LogP contribution in [-0.2, 0) is 17.6 Å². The first kappa shape index (κ1) is 17.9. The summed E-state index contributed by atoms with van der Waals surface area (Å²) in [4.78, 5) is 24.0. The number of rotatable bonds is 5. The number of amides is 2. The van der Waals surface area contributed by atoms with Crippen LogP contribution in [0.1, 0.15) is 41.8 Å². The molecule has 0 aliphatic heterocycles. The first-order valence-electron chi connectivity index (χ1n) is 8.83. The van der Waals surface area contributed by atoms with Crippen molar-refractivity contribution in [2.75, 3.05) is 5.32 Å². The van der Waals surface area contributed by atoms with Gasteiger partial charge in [-0.05, 0) is 41.3 Å². The molecule has 5 heteroatoms. The minimum absolute atomic E-state index is 0.0237. The lowest BCUT2D eigenvalue weighted by atomic mass is 10.1. The lowest BCUT2D eigenvalue weighted by Gasteiger charge is -2.08. The fourth-order valence-electron chi connectivity index (χ4n) is 2.97. The SMILES string of the molecule is CC(C)CC(=O)Nc1ccc(C(=O)NN=C2Cc3ccccc3C2)cc1. The minimum atomic E-state index is -0.256. The summed E-state index contributed by atoms with van der Waals surface area (Å²) in [6.45, 7) is 3.99. The lowest BCUT2D eigenvalue weighted by molar-refractivity contribution is -0.116. The van der Waals surface area contributed by atoms with Crippen LogP contribution >= 0.6 is 0 Å². The molecular weight excluding hydrogens is 326 g/mol. The van der Waals surface area contributed by atoms with E-state index in [1.165, 1.54) is 11.1 Å². The van der Waals surface area contributed by atoms with Crippen LogP contribution in [0.4, 0.5) is 5.69 Å². The molecular formula is C21H23N3O2. The molecule has 2 aromatic rings. The maximum Gasteiger partial charge on any atom is 0.271 e. The van der Waals surface area contributed by atoms with E-state index in [0.29, 0.717) is 23.6 Å². The van der Waals surface area contributed by atoms with Crippen LogP contribution in [0.3, 0.4) is 0 Å². The molecule has 0 spiro atoms. The van der Waals surface area contributed by atoms with Crippen LogP contribution in [0.25, 0.3) is 0 Å². The van der Waals surface area contributed by atoms with E-state index in [1.54, 1.807) is 24.3 Å². The quantitative estimate of drug-likeness (QED) is 0.810. The third-order valence-corrected chi connectivity index (χ3v) is 4.25. The Kier molecular flexibility index (Phi) is 5.46. The molecule has 1 aliphatic carbocycles. The van der Waals surface area contributed by atoms with Crippen LogP contribution in [-0.4, -0.2) is 17.5 Å². The zero-order valence-corrected chi connectivity index (χ0v) is 15.1. The summed E-state index contributed by atoms with van der Waals surface area (Å²) in [5.74, 6) is 0.0267. The van der Waals surface area contributed by atoms with E-state index in [0.717, 1.165) is 18.6 Å². The van der Waals surface area contributed by atoms with Crippen molar-refractivity contribution in [2.45, 2.75) is 33.1 Å². The molecule has 2 N–H and O–H groups in total. The molecule has 0 saturated carbocycles. The van der Waals surface area contributed by atoms with Crippen LogP contribution in [0.5, 0.6) is 0 Å². The number of carbonyl (C=O) groups is 2. The number of hydrogen-bond acceptors (Lipinski definition) is 3. The molecule has 0 atom stereocenters. The van der Waals surface area contributed by atoms with Gasteiger partial charge >= 0.3 is 0 Å². The zero-order chi connectivity index (χ0) is 18.5. The summed E-state index contributed by atoms with van der Waals surface area (Å²) in [6.07, 6.45) is 2.02. The van der Waals surface area contributed by atoms with Gasteiger partial charge in [0.15, 0.2) is 0 Å². The Morgan fingerprint density at radius 3 is 2.19 bits per heavy atom. The van der Waals surface area contributed by atoms with E-state index in [2.05, 4.69) is 28.0 Å². The third-order valence-electron chi connectivity index (χ3n) is 4.25. The van der Waals surface area contributed by atoms with E-state index in [-0.39, 0.29) is 11.8 Å². The van der Waals surface area contributed by atoms with E-state index < -0.39 is 0 Å². The molecule has 0 fully saturated rings. The number of hydrogen-bond donors (Lipinski definition) is 2. The Bertz CT molecular complexity index is 812. The average molecular weight is 349 g/mol. The largest absolute Gasteiger partial charge is 0.326 e. The maximum absolute atomic E-state index is 12.2. The van der Waals surface area contributed by atoms with Crippen LogP contribution in [0.15, 0.2) is 53.6 Å². The van der Waals surface area contributed by atoms with Gasteiger partial charge in [0.05, 0.1) is 0 Å². The highest BCUT2D eigenvalue weighted by Gasteiger charge is 2.16. The van der Waals surface area contributed by atoms with Crippen molar-refractivity contribution in [2.24, 2.45) is 11.0 Å². The fraction of sp³-hybridized carbons (Fsp3) is 0.286. The van der Waals surface area contributed by atoms with Gasteiger partial charge in [0.2, 0.25) is 5.91 Å². The van der Waals surface area contributed by atoms with Crippen molar-refractivity contribution >= 4 is 23.2 Å². The normalized spacial score (nSPS) is 12.7. The molecule has 1 aliphatic rings. The molecule has 0 bridgehead atoms. The molecule has 0 heterocycles. The summed E-state index contributed by atoms with van der Waals surface area (Å²) >= 11 is 0. The molecule has 0 aromatic heterocycles. The van der Waals surface area contributed by atoms with E-state index >= 15 is 0 Å². The van der Waals surface area contributed by atoms with Gasteiger partial charge < -0.3 is 5.32 Å². The Morgan fingerprint density at radius 2 is 1.62 bits per heavy atom. The third kappa shape index (κ3) is 4.57. The predicted octanol–water partition coefficient (Wildman–Crippen LogP) is 3.56. The Balaban J connectivity index is 1.56. The van der Waals surface area contributed by atoms with Crippen molar-refractivity contribution in [1.82, 2.24) is 5.43 Å². The van der Waals surface area contributed by atoms with Crippen molar-refractivity contribution < 1.29 is 9.59 Å². The van der Waals surface area contributed by atoms with Gasteiger partial charge in [0, 0.05) is 36.2 Å². The van der Waals surface area contributed by atoms with Gasteiger partial charge in [0.1, 0.15) is 0 Å². The van der Waals surface area contributed by atoms with E-state index in [9.17, 15) is 9.59 Å². The van der Waals surface area contributed by atoms with Gasteiger partial charge in [-0.25, -0.2) is 5.43 Å². The van der Waals surface area contributed by atoms with Crippen molar-refractivity contribution in [3.05, 3.63) is 65.2 Å². The fourth-order valence-corrected chi connectivity index (χ4v) is 2.97. The molecule has 3 rings (SSSR count). The molecule has 2 aromatic carbocycles. The van der Waals surface area contributed by atoms with Crippen molar-refractivity contribution in [3.8, 4) is 0 Å². The minimum Gasteiger partial charge on any atom is -0.326 e. The average Bonchev–Trinajstić information content (AvgIpc) is 3.02. The topological polar surface area (TPSA) is 70.6 Å². The molecule has 26 heavy (non-hydrogen) atoms. The molecule has 0 unspecified atom stereocenters. The summed E-state index contributed by atoms with van der Waals surface area (Å²) < 4.78 is 0. The number of carbonyl (C=O) groups excluding carboxylic acids is 2. The highest BCUT2D eigenvalue weighted by atomic mass is 16.2. The standard InChI is InChI=1S/C21H23N3O2/c1-14(2)11-20(25)22-18-9-7-15(8-10-18)21(26)24-23-19-12-16-5-3-4-6-17(16)13-19/h3-10,14H,11-13H2,1-2H3,(H,22,25)(H,24,26). The summed E-state index contributed by atoms with van der Waals surface area (Å²) in [6, 6.07) is 15.0. The smallest absolute Gasteiger partial charge is 0.271 e. The second-order valence-electron chi connectivity index (χ2n) is 6.96.